The van der Waals surface area contributed by atoms with Gasteiger partial charge in [-0.3, -0.25) is 4.79 Å². The third-order valence-corrected chi connectivity index (χ3v) is 3.94. The number of halogens is 2. The molecular weight excluding hydrogens is 353 g/mol. The number of carbonyl (C=O) groups excluding carboxylic acids is 1. The molecule has 0 aliphatic rings. The lowest BCUT2D eigenvalue weighted by Gasteiger charge is -2.11. The lowest BCUT2D eigenvalue weighted by molar-refractivity contribution is -0.123. The van der Waals surface area contributed by atoms with Crippen LogP contribution < -0.4 is 19.5 Å². The van der Waals surface area contributed by atoms with Crippen LogP contribution in [0.2, 0.25) is 10.0 Å². The Morgan fingerprint density at radius 3 is 2.42 bits per heavy atom. The van der Waals surface area contributed by atoms with Crippen molar-refractivity contribution in [3.05, 3.63) is 52.0 Å². The van der Waals surface area contributed by atoms with Crippen molar-refractivity contribution in [2.24, 2.45) is 0 Å². The molecule has 0 aliphatic carbocycles. The van der Waals surface area contributed by atoms with Gasteiger partial charge < -0.3 is 19.5 Å². The number of hydrogen-bond donors (Lipinski definition) is 1. The molecule has 2 aromatic rings. The predicted octanol–water partition coefficient (Wildman–Crippen LogP) is 3.71. The van der Waals surface area contributed by atoms with E-state index >= 15 is 0 Å². The van der Waals surface area contributed by atoms with Crippen molar-refractivity contribution >= 4 is 29.1 Å². The topological polar surface area (TPSA) is 56.8 Å². The standard InChI is InChI=1S/C17H17Cl2NO4/c1-22-15-6-3-11(7-16(15)23-2)9-20-17(21)10-24-12-4-5-13(18)14(19)8-12/h3-8H,9-10H2,1-2H3,(H,20,21). The lowest BCUT2D eigenvalue weighted by atomic mass is 10.2. The quantitative estimate of drug-likeness (QED) is 0.808. The summed E-state index contributed by atoms with van der Waals surface area (Å²) in [5.41, 5.74) is 0.885. The molecule has 0 bridgehead atoms. The second-order valence-electron chi connectivity index (χ2n) is 4.83. The van der Waals surface area contributed by atoms with Gasteiger partial charge in [-0.25, -0.2) is 0 Å². The number of nitrogens with one attached hydrogen (secondary N) is 1. The van der Waals surface area contributed by atoms with Gasteiger partial charge in [-0.1, -0.05) is 29.3 Å². The fourth-order valence-electron chi connectivity index (χ4n) is 1.96. The molecule has 0 spiro atoms. The second-order valence-corrected chi connectivity index (χ2v) is 5.65. The number of carbonyl (C=O) groups is 1. The van der Waals surface area contributed by atoms with Crippen LogP contribution >= 0.6 is 23.2 Å². The third kappa shape index (κ3) is 4.94. The van der Waals surface area contributed by atoms with Crippen molar-refractivity contribution in [1.82, 2.24) is 5.32 Å². The molecule has 2 aromatic carbocycles. The first-order chi connectivity index (χ1) is 11.5. The first-order valence-electron chi connectivity index (χ1n) is 7.09. The molecule has 0 saturated heterocycles. The summed E-state index contributed by atoms with van der Waals surface area (Å²) in [5.74, 6) is 1.47. The van der Waals surface area contributed by atoms with Gasteiger partial charge in [0.15, 0.2) is 18.1 Å². The summed E-state index contributed by atoms with van der Waals surface area (Å²) in [7, 11) is 3.13. The number of benzene rings is 2. The molecule has 24 heavy (non-hydrogen) atoms. The Labute approximate surface area is 150 Å². The Hall–Kier alpha value is -2.11. The van der Waals surface area contributed by atoms with Crippen LogP contribution in [0.4, 0.5) is 0 Å². The van der Waals surface area contributed by atoms with Crippen LogP contribution in [-0.2, 0) is 11.3 Å². The minimum Gasteiger partial charge on any atom is -0.493 e. The molecule has 0 unspecified atom stereocenters. The summed E-state index contributed by atoms with van der Waals surface area (Å²) in [6.07, 6.45) is 0. The first-order valence-corrected chi connectivity index (χ1v) is 7.84. The zero-order valence-electron chi connectivity index (χ0n) is 13.3. The summed E-state index contributed by atoms with van der Waals surface area (Å²) >= 11 is 11.7. The molecule has 0 aromatic heterocycles. The zero-order chi connectivity index (χ0) is 17.5. The average Bonchev–Trinajstić information content (AvgIpc) is 2.60. The van der Waals surface area contributed by atoms with E-state index in [0.717, 1.165) is 5.56 Å². The summed E-state index contributed by atoms with van der Waals surface area (Å²) in [5, 5.41) is 3.57. The molecule has 0 aliphatic heterocycles. The van der Waals surface area contributed by atoms with Gasteiger partial charge >= 0.3 is 0 Å². The monoisotopic (exact) mass is 369 g/mol. The fraction of sp³-hybridized carbons (Fsp3) is 0.235. The fourth-order valence-corrected chi connectivity index (χ4v) is 2.25. The molecule has 2 rings (SSSR count). The van der Waals surface area contributed by atoms with Gasteiger partial charge in [0.25, 0.3) is 5.91 Å². The van der Waals surface area contributed by atoms with E-state index in [-0.39, 0.29) is 12.5 Å². The third-order valence-electron chi connectivity index (χ3n) is 3.20. The van der Waals surface area contributed by atoms with Gasteiger partial charge in [-0.2, -0.15) is 0 Å². The molecule has 0 radical (unpaired) electrons. The average molecular weight is 370 g/mol. The van der Waals surface area contributed by atoms with Gasteiger partial charge in [0.1, 0.15) is 5.75 Å². The number of ether oxygens (including phenoxy) is 3. The van der Waals surface area contributed by atoms with E-state index in [0.29, 0.717) is 33.8 Å². The van der Waals surface area contributed by atoms with Gasteiger partial charge in [0, 0.05) is 12.6 Å². The van der Waals surface area contributed by atoms with Crippen LogP contribution in [0.5, 0.6) is 17.2 Å². The van der Waals surface area contributed by atoms with Crippen molar-refractivity contribution < 1.29 is 19.0 Å². The first kappa shape index (κ1) is 18.2. The normalized spacial score (nSPS) is 10.2. The maximum Gasteiger partial charge on any atom is 0.258 e. The molecule has 1 amide bonds. The molecule has 128 valence electrons. The van der Waals surface area contributed by atoms with Gasteiger partial charge in [-0.05, 0) is 29.8 Å². The molecule has 0 atom stereocenters. The highest BCUT2D eigenvalue weighted by Gasteiger charge is 2.07. The van der Waals surface area contributed by atoms with Crippen molar-refractivity contribution in [2.75, 3.05) is 20.8 Å². The van der Waals surface area contributed by atoms with Crippen LogP contribution in [0.3, 0.4) is 0 Å². The molecule has 1 N–H and O–H groups in total. The minimum absolute atomic E-state index is 0.120. The van der Waals surface area contributed by atoms with Crippen LogP contribution in [0.25, 0.3) is 0 Å². The van der Waals surface area contributed by atoms with Gasteiger partial charge in [0.2, 0.25) is 0 Å². The Morgan fingerprint density at radius 2 is 1.75 bits per heavy atom. The summed E-state index contributed by atoms with van der Waals surface area (Å²) < 4.78 is 15.8. The van der Waals surface area contributed by atoms with E-state index in [4.69, 9.17) is 37.4 Å². The van der Waals surface area contributed by atoms with Crippen molar-refractivity contribution in [3.8, 4) is 17.2 Å². The smallest absolute Gasteiger partial charge is 0.258 e. The van der Waals surface area contributed by atoms with E-state index < -0.39 is 0 Å². The van der Waals surface area contributed by atoms with E-state index in [2.05, 4.69) is 5.32 Å². The molecular formula is C17H17Cl2NO4. The summed E-state index contributed by atoms with van der Waals surface area (Å²) in [6, 6.07) is 10.3. The van der Waals surface area contributed by atoms with Crippen LogP contribution in [0, 0.1) is 0 Å². The Kier molecular flexibility index (Phi) is 6.58. The maximum atomic E-state index is 11.9. The number of amides is 1. The number of methoxy groups -OCH3 is 2. The Bertz CT molecular complexity index is 722. The highest BCUT2D eigenvalue weighted by Crippen LogP contribution is 2.27. The van der Waals surface area contributed by atoms with Crippen LogP contribution in [0.1, 0.15) is 5.56 Å². The molecule has 0 heterocycles. The van der Waals surface area contributed by atoms with E-state index in [1.54, 1.807) is 44.6 Å². The van der Waals surface area contributed by atoms with E-state index in [1.165, 1.54) is 0 Å². The Balaban J connectivity index is 1.85. The van der Waals surface area contributed by atoms with Crippen molar-refractivity contribution in [3.63, 3.8) is 0 Å². The second kappa shape index (κ2) is 8.66. The lowest BCUT2D eigenvalue weighted by Crippen LogP contribution is -2.28. The molecule has 7 heteroatoms. The SMILES string of the molecule is COc1ccc(CNC(=O)COc2ccc(Cl)c(Cl)c2)cc1OC. The van der Waals surface area contributed by atoms with Crippen LogP contribution in [0.15, 0.2) is 36.4 Å². The zero-order valence-corrected chi connectivity index (χ0v) is 14.8. The van der Waals surface area contributed by atoms with Gasteiger partial charge in [-0.15, -0.1) is 0 Å². The summed E-state index contributed by atoms with van der Waals surface area (Å²) in [4.78, 5) is 11.9. The number of hydrogen-bond acceptors (Lipinski definition) is 4. The maximum absolute atomic E-state index is 11.9. The summed E-state index contributed by atoms with van der Waals surface area (Å²) in [6.45, 7) is 0.231. The highest BCUT2D eigenvalue weighted by molar-refractivity contribution is 6.42. The molecule has 5 nitrogen and oxygen atoms in total. The van der Waals surface area contributed by atoms with Crippen molar-refractivity contribution in [2.45, 2.75) is 6.54 Å². The van der Waals surface area contributed by atoms with Crippen LogP contribution in [-0.4, -0.2) is 26.7 Å². The van der Waals surface area contributed by atoms with E-state index in [9.17, 15) is 4.79 Å². The molecule has 0 saturated carbocycles. The predicted molar refractivity (Wildman–Crippen MR) is 93.3 cm³/mol. The number of rotatable bonds is 7. The van der Waals surface area contributed by atoms with Gasteiger partial charge in [0.05, 0.1) is 24.3 Å². The Morgan fingerprint density at radius 1 is 1.00 bits per heavy atom. The van der Waals surface area contributed by atoms with Crippen molar-refractivity contribution in [1.29, 1.82) is 0 Å². The van der Waals surface area contributed by atoms with E-state index in [1.807, 2.05) is 6.07 Å². The highest BCUT2D eigenvalue weighted by atomic mass is 35.5. The minimum atomic E-state index is -0.254. The molecule has 0 fully saturated rings. The largest absolute Gasteiger partial charge is 0.493 e.